The summed E-state index contributed by atoms with van der Waals surface area (Å²) in [5.74, 6) is 0.383. The summed E-state index contributed by atoms with van der Waals surface area (Å²) in [6.07, 6.45) is 0.232. The SMILES string of the molecule is CC(C)c1cc(CC2CCCNC2)c(O)c(C(F)F)c1. The fourth-order valence-electron chi connectivity index (χ4n) is 2.81. The Labute approximate surface area is 119 Å². The molecule has 2 rings (SSSR count). The maximum Gasteiger partial charge on any atom is 0.267 e. The molecule has 1 aromatic rings. The van der Waals surface area contributed by atoms with Crippen LogP contribution in [-0.4, -0.2) is 18.2 Å². The van der Waals surface area contributed by atoms with E-state index in [4.69, 9.17) is 0 Å². The number of hydrogen-bond donors (Lipinski definition) is 2. The van der Waals surface area contributed by atoms with Gasteiger partial charge in [0.25, 0.3) is 6.43 Å². The predicted molar refractivity (Wildman–Crippen MR) is 76.5 cm³/mol. The van der Waals surface area contributed by atoms with Crippen molar-refractivity contribution in [1.29, 1.82) is 0 Å². The van der Waals surface area contributed by atoms with Crippen molar-refractivity contribution >= 4 is 0 Å². The predicted octanol–water partition coefficient (Wildman–Crippen LogP) is 4.00. The molecule has 1 heterocycles. The third-order valence-electron chi connectivity index (χ3n) is 4.05. The van der Waals surface area contributed by atoms with E-state index in [-0.39, 0.29) is 17.2 Å². The summed E-state index contributed by atoms with van der Waals surface area (Å²) >= 11 is 0. The lowest BCUT2D eigenvalue weighted by Crippen LogP contribution is -2.30. The molecule has 20 heavy (non-hydrogen) atoms. The molecular formula is C16H23F2NO. The highest BCUT2D eigenvalue weighted by molar-refractivity contribution is 5.45. The molecule has 1 saturated heterocycles. The Hall–Kier alpha value is -1.16. The lowest BCUT2D eigenvalue weighted by atomic mass is 9.88. The summed E-state index contributed by atoms with van der Waals surface area (Å²) < 4.78 is 26.1. The van der Waals surface area contributed by atoms with E-state index in [1.165, 1.54) is 6.07 Å². The van der Waals surface area contributed by atoms with Gasteiger partial charge in [0.15, 0.2) is 0 Å². The Morgan fingerprint density at radius 2 is 2.10 bits per heavy atom. The Balaban J connectivity index is 2.29. The number of hydrogen-bond acceptors (Lipinski definition) is 2. The summed E-state index contributed by atoms with van der Waals surface area (Å²) in [4.78, 5) is 0. The molecule has 1 aliphatic heterocycles. The van der Waals surface area contributed by atoms with Crippen LogP contribution in [0.3, 0.4) is 0 Å². The van der Waals surface area contributed by atoms with Crippen LogP contribution in [-0.2, 0) is 6.42 Å². The Kier molecular flexibility index (Phi) is 4.97. The van der Waals surface area contributed by atoms with Crippen molar-refractivity contribution in [3.63, 3.8) is 0 Å². The first-order valence-corrected chi connectivity index (χ1v) is 7.33. The van der Waals surface area contributed by atoms with Gasteiger partial charge in [-0.3, -0.25) is 0 Å². The largest absolute Gasteiger partial charge is 0.507 e. The van der Waals surface area contributed by atoms with E-state index < -0.39 is 6.43 Å². The number of nitrogens with one attached hydrogen (secondary N) is 1. The minimum Gasteiger partial charge on any atom is -0.507 e. The Morgan fingerprint density at radius 1 is 1.35 bits per heavy atom. The molecule has 0 saturated carbocycles. The Morgan fingerprint density at radius 3 is 2.65 bits per heavy atom. The number of piperidine rings is 1. The van der Waals surface area contributed by atoms with Crippen LogP contribution in [0.4, 0.5) is 8.78 Å². The van der Waals surface area contributed by atoms with Gasteiger partial charge < -0.3 is 10.4 Å². The molecule has 0 radical (unpaired) electrons. The van der Waals surface area contributed by atoms with Gasteiger partial charge in [-0.1, -0.05) is 19.9 Å². The van der Waals surface area contributed by atoms with Gasteiger partial charge in [0, 0.05) is 0 Å². The van der Waals surface area contributed by atoms with Gasteiger partial charge in [-0.2, -0.15) is 0 Å². The van der Waals surface area contributed by atoms with Gasteiger partial charge >= 0.3 is 0 Å². The van der Waals surface area contributed by atoms with E-state index in [0.29, 0.717) is 17.9 Å². The lowest BCUT2D eigenvalue weighted by molar-refractivity contribution is 0.147. The standard InChI is InChI=1S/C16H23F2NO/c1-10(2)12-7-13(6-11-4-3-5-19-9-11)15(20)14(8-12)16(17)18/h7-8,10-11,16,19-20H,3-6,9H2,1-2H3. The van der Waals surface area contributed by atoms with Crippen LogP contribution < -0.4 is 5.32 Å². The molecule has 1 unspecified atom stereocenters. The smallest absolute Gasteiger partial charge is 0.267 e. The van der Waals surface area contributed by atoms with E-state index in [9.17, 15) is 13.9 Å². The van der Waals surface area contributed by atoms with Crippen molar-refractivity contribution in [3.05, 3.63) is 28.8 Å². The first-order valence-electron chi connectivity index (χ1n) is 7.33. The van der Waals surface area contributed by atoms with Crippen molar-refractivity contribution in [1.82, 2.24) is 5.32 Å². The summed E-state index contributed by atoms with van der Waals surface area (Å²) in [6.45, 7) is 5.88. The average Bonchev–Trinajstić information content (AvgIpc) is 2.41. The van der Waals surface area contributed by atoms with Crippen molar-refractivity contribution < 1.29 is 13.9 Å². The molecule has 2 nitrogen and oxygen atoms in total. The monoisotopic (exact) mass is 283 g/mol. The van der Waals surface area contributed by atoms with Crippen molar-refractivity contribution in [2.24, 2.45) is 5.92 Å². The minimum absolute atomic E-state index is 0.177. The molecule has 0 aliphatic carbocycles. The number of halogens is 2. The Bertz CT molecular complexity index is 454. The van der Waals surface area contributed by atoms with E-state index in [2.05, 4.69) is 5.32 Å². The second kappa shape index (κ2) is 6.53. The molecular weight excluding hydrogens is 260 g/mol. The molecule has 0 spiro atoms. The van der Waals surface area contributed by atoms with Gasteiger partial charge in [0.2, 0.25) is 0 Å². The molecule has 1 atom stereocenters. The fraction of sp³-hybridized carbons (Fsp3) is 0.625. The van der Waals surface area contributed by atoms with Crippen LogP contribution >= 0.6 is 0 Å². The molecule has 1 aromatic carbocycles. The lowest BCUT2D eigenvalue weighted by Gasteiger charge is -2.24. The highest BCUT2D eigenvalue weighted by Gasteiger charge is 2.21. The van der Waals surface area contributed by atoms with E-state index in [0.717, 1.165) is 31.5 Å². The first-order chi connectivity index (χ1) is 9.49. The molecule has 0 bridgehead atoms. The highest BCUT2D eigenvalue weighted by Crippen LogP contribution is 2.36. The van der Waals surface area contributed by atoms with Gasteiger partial charge in [-0.25, -0.2) is 8.78 Å². The minimum atomic E-state index is -2.63. The third kappa shape index (κ3) is 3.48. The normalized spacial score (nSPS) is 19.8. The van der Waals surface area contributed by atoms with Gasteiger partial charge in [-0.15, -0.1) is 0 Å². The van der Waals surface area contributed by atoms with E-state index in [1.54, 1.807) is 0 Å². The topological polar surface area (TPSA) is 32.3 Å². The number of aromatic hydroxyl groups is 1. The maximum absolute atomic E-state index is 13.1. The number of phenols is 1. The average molecular weight is 283 g/mol. The summed E-state index contributed by atoms with van der Waals surface area (Å²) in [6, 6.07) is 3.33. The third-order valence-corrected chi connectivity index (χ3v) is 4.05. The van der Waals surface area contributed by atoms with Crippen molar-refractivity contribution in [3.8, 4) is 5.75 Å². The molecule has 112 valence electrons. The zero-order valence-corrected chi connectivity index (χ0v) is 12.1. The quantitative estimate of drug-likeness (QED) is 0.875. The summed E-state index contributed by atoms with van der Waals surface area (Å²) in [7, 11) is 0. The zero-order chi connectivity index (χ0) is 14.7. The van der Waals surface area contributed by atoms with E-state index in [1.807, 2.05) is 19.9 Å². The molecule has 1 fully saturated rings. The fourth-order valence-corrected chi connectivity index (χ4v) is 2.81. The second-order valence-corrected chi connectivity index (χ2v) is 5.99. The molecule has 0 amide bonds. The number of rotatable bonds is 4. The highest BCUT2D eigenvalue weighted by atomic mass is 19.3. The zero-order valence-electron chi connectivity index (χ0n) is 12.1. The number of alkyl halides is 2. The first kappa shape index (κ1) is 15.2. The molecule has 2 N–H and O–H groups in total. The summed E-state index contributed by atoms with van der Waals surface area (Å²) in [5.41, 5.74) is 1.31. The molecule has 1 aliphatic rings. The molecule has 0 aromatic heterocycles. The van der Waals surface area contributed by atoms with Crippen LogP contribution in [0.1, 0.15) is 55.7 Å². The van der Waals surface area contributed by atoms with Gasteiger partial charge in [0.05, 0.1) is 5.56 Å². The van der Waals surface area contributed by atoms with Crippen LogP contribution in [0.25, 0.3) is 0 Å². The van der Waals surface area contributed by atoms with Crippen LogP contribution in [0.5, 0.6) is 5.75 Å². The van der Waals surface area contributed by atoms with Crippen LogP contribution in [0, 0.1) is 5.92 Å². The van der Waals surface area contributed by atoms with Crippen molar-refractivity contribution in [2.45, 2.75) is 45.5 Å². The maximum atomic E-state index is 13.1. The summed E-state index contributed by atoms with van der Waals surface area (Å²) in [5, 5.41) is 13.4. The van der Waals surface area contributed by atoms with Gasteiger partial charge in [0.1, 0.15) is 5.75 Å². The van der Waals surface area contributed by atoms with Crippen LogP contribution in [0.2, 0.25) is 0 Å². The number of benzene rings is 1. The van der Waals surface area contributed by atoms with Crippen molar-refractivity contribution in [2.75, 3.05) is 13.1 Å². The van der Waals surface area contributed by atoms with Crippen LogP contribution in [0.15, 0.2) is 12.1 Å². The van der Waals surface area contributed by atoms with Gasteiger partial charge in [-0.05, 0) is 61.4 Å². The number of phenolic OH excluding ortho intramolecular Hbond substituents is 1. The second-order valence-electron chi connectivity index (χ2n) is 5.99. The molecule has 4 heteroatoms. The van der Waals surface area contributed by atoms with E-state index >= 15 is 0 Å².